The lowest BCUT2D eigenvalue weighted by atomic mass is 10.1. The van der Waals surface area contributed by atoms with Crippen molar-refractivity contribution in [2.24, 2.45) is 0 Å². The van der Waals surface area contributed by atoms with Gasteiger partial charge in [-0.3, -0.25) is 0 Å². The molecule has 0 radical (unpaired) electrons. The van der Waals surface area contributed by atoms with E-state index >= 15 is 0 Å². The molecule has 0 saturated heterocycles. The molecule has 9 nitrogen and oxygen atoms in total. The van der Waals surface area contributed by atoms with Gasteiger partial charge in [0, 0.05) is 0 Å². The van der Waals surface area contributed by atoms with Gasteiger partial charge in [-0.1, -0.05) is 107 Å². The van der Waals surface area contributed by atoms with Crippen molar-refractivity contribution in [1.82, 2.24) is 0 Å². The van der Waals surface area contributed by atoms with Crippen molar-refractivity contribution in [2.45, 2.75) is 158 Å². The maximum absolute atomic E-state index is 8.93. The second-order valence-corrected chi connectivity index (χ2v) is 12.2. The number of hydrogen-bond acceptors (Lipinski definition) is 5. The predicted octanol–water partition coefficient (Wildman–Crippen LogP) is 6.72. The number of unbranched alkanes of at least 4 members (excludes halogenated alkanes) is 8. The second-order valence-electron chi connectivity index (χ2n) is 12.2. The summed E-state index contributed by atoms with van der Waals surface area (Å²) >= 11 is 0. The number of hydrogen-bond donors (Lipinski definition) is 2. The van der Waals surface area contributed by atoms with E-state index in [-0.39, 0.29) is 0 Å². The lowest BCUT2D eigenvalue weighted by Gasteiger charge is -2.39. The van der Waals surface area contributed by atoms with Gasteiger partial charge in [0.05, 0.1) is 64.3 Å². The molecule has 9 heteroatoms. The molecule has 0 amide bonds. The van der Waals surface area contributed by atoms with Gasteiger partial charge in [-0.05, 0) is 51.4 Å². The van der Waals surface area contributed by atoms with Gasteiger partial charge in [-0.15, -0.1) is 0 Å². The van der Waals surface area contributed by atoms with Crippen molar-refractivity contribution in [1.29, 1.82) is 0 Å². The van der Waals surface area contributed by atoms with Crippen LogP contribution < -0.4 is 10.2 Å². The topological polar surface area (TPSA) is 138 Å². The quantitative estimate of drug-likeness (QED) is 0.0888. The summed E-state index contributed by atoms with van der Waals surface area (Å²) < 4.78 is 2.84. The van der Waals surface area contributed by atoms with Gasteiger partial charge in [0.15, 0.2) is 0 Å². The average Bonchev–Trinajstić information content (AvgIpc) is 3.00. The predicted molar refractivity (Wildman–Crippen MR) is 179 cm³/mol. The van der Waals surface area contributed by atoms with Crippen LogP contribution in [0.4, 0.5) is 4.79 Å². The highest BCUT2D eigenvalue weighted by molar-refractivity contribution is 6.25. The van der Waals surface area contributed by atoms with E-state index in [0.29, 0.717) is 0 Å². The first-order valence-electron chi connectivity index (χ1n) is 17.9. The van der Waals surface area contributed by atoms with E-state index in [4.69, 9.17) is 34.8 Å². The number of quaternary nitrogens is 2. The van der Waals surface area contributed by atoms with Crippen LogP contribution in [0.2, 0.25) is 0 Å². The molecule has 44 heavy (non-hydrogen) atoms. The largest absolute Gasteiger partial charge is 0.543 e. The van der Waals surface area contributed by atoms with Crippen LogP contribution in [-0.4, -0.2) is 89.6 Å². The molecule has 0 aliphatic rings. The van der Waals surface area contributed by atoms with Crippen molar-refractivity contribution in [3.8, 4) is 0 Å². The Bertz CT molecular complexity index is 518. The molecule has 0 saturated carbocycles. The number of carboxylic acid groups (broad SMARTS) is 4. The van der Waals surface area contributed by atoms with Gasteiger partial charge in [0.1, 0.15) is 0 Å². The fourth-order valence-electron chi connectivity index (χ4n) is 5.29. The summed E-state index contributed by atoms with van der Waals surface area (Å²) in [5, 5.41) is 31.8. The van der Waals surface area contributed by atoms with Crippen LogP contribution in [0.3, 0.4) is 0 Å². The first-order chi connectivity index (χ1) is 20.9. The number of nitrogens with zero attached hydrogens (tertiary/aromatic N) is 2. The van der Waals surface area contributed by atoms with Gasteiger partial charge >= 0.3 is 6.16 Å². The Morgan fingerprint density at radius 3 is 0.568 bits per heavy atom. The van der Waals surface area contributed by atoms with E-state index in [9.17, 15) is 0 Å². The third kappa shape index (κ3) is 34.6. The van der Waals surface area contributed by atoms with E-state index in [1.165, 1.54) is 164 Å². The number of aliphatic carboxylic acids is 2. The number of carbonyl (C=O) groups excluding carboxylic acids is 2. The monoisotopic (exact) mass is 635 g/mol. The third-order valence-electron chi connectivity index (χ3n) is 8.05. The molecule has 0 aliphatic carbocycles. The van der Waals surface area contributed by atoms with Crippen LogP contribution >= 0.6 is 0 Å². The molecule has 0 spiro atoms. The van der Waals surface area contributed by atoms with Crippen molar-refractivity contribution in [3.05, 3.63) is 0 Å². The van der Waals surface area contributed by atoms with Crippen molar-refractivity contribution < 1.29 is 43.8 Å². The molecule has 0 bridgehead atoms. The Labute approximate surface area is 272 Å². The maximum atomic E-state index is 8.93. The van der Waals surface area contributed by atoms with E-state index in [1.807, 2.05) is 0 Å². The minimum absolute atomic E-state index is 1.35. The molecule has 0 aliphatic heterocycles. The van der Waals surface area contributed by atoms with E-state index in [2.05, 4.69) is 55.4 Å². The van der Waals surface area contributed by atoms with Crippen LogP contribution in [0.15, 0.2) is 0 Å². The first-order valence-corrected chi connectivity index (χ1v) is 17.9. The molecule has 0 atom stereocenters. The smallest absolute Gasteiger partial charge is 0.503 e. The first kappa shape index (κ1) is 49.0. The van der Waals surface area contributed by atoms with Crippen molar-refractivity contribution >= 4 is 18.1 Å². The Hall–Kier alpha value is -1.87. The highest BCUT2D eigenvalue weighted by Crippen LogP contribution is 2.17. The highest BCUT2D eigenvalue weighted by Gasteiger charge is 2.25. The summed E-state index contributed by atoms with van der Waals surface area (Å²) in [4.78, 5) is 26.4. The summed E-state index contributed by atoms with van der Waals surface area (Å²) in [6.07, 6.45) is 20.3. The van der Waals surface area contributed by atoms with Crippen LogP contribution in [-0.2, 0) is 9.59 Å². The molecule has 0 aromatic rings. The van der Waals surface area contributed by atoms with Gasteiger partial charge in [-0.2, -0.15) is 0 Å². The molecular weight excluding hydrogens is 560 g/mol. The van der Waals surface area contributed by atoms with Crippen LogP contribution in [0.25, 0.3) is 0 Å². The maximum Gasteiger partial charge on any atom is 0.503 e. The summed E-state index contributed by atoms with van der Waals surface area (Å²) in [5.74, 6) is -4.37. The van der Waals surface area contributed by atoms with E-state index in [0.717, 1.165) is 0 Å². The summed E-state index contributed by atoms with van der Waals surface area (Å²) in [6, 6.07) is 0. The van der Waals surface area contributed by atoms with Gasteiger partial charge in [0.2, 0.25) is 0 Å². The Kier molecular flexibility index (Phi) is 39.7. The second kappa shape index (κ2) is 35.6. The lowest BCUT2D eigenvalue weighted by molar-refractivity contribution is -0.929. The molecule has 0 heterocycles. The van der Waals surface area contributed by atoms with Gasteiger partial charge in [0.25, 0.3) is 0 Å². The molecule has 0 rings (SSSR count). The van der Waals surface area contributed by atoms with Crippen LogP contribution in [0.1, 0.15) is 158 Å². The molecular formula is C35H74N2O7. The number of rotatable bonds is 24. The zero-order chi connectivity index (χ0) is 34.7. The zero-order valence-corrected chi connectivity index (χ0v) is 30.3. The standard InChI is InChI=1S/2C16H36N.C2H2O4.CH2O3/c2*1-5-9-13-17(14-10-6-2,15-11-7-3)16-12-8-4;3-1(4)2(5)6;2-1(3)4/h2*5-16H2,1-4H3;(H,3,4)(H,5,6);(H2,2,3,4)/q2*+1;;/p-2. The Morgan fingerprint density at radius 2 is 0.500 bits per heavy atom. The number of carboxylic acids is 2. The SMILES string of the molecule is CCCC[N+](CCCC)(CCCC)CCCC.CCCC[N+](CCCC)(CCCC)CCCC.O=C(O)O.O=C([O-])C(=O)[O-]. The fraction of sp³-hybridized carbons (Fsp3) is 0.914. The Morgan fingerprint density at radius 1 is 0.386 bits per heavy atom. The fourth-order valence-corrected chi connectivity index (χ4v) is 5.29. The van der Waals surface area contributed by atoms with Crippen molar-refractivity contribution in [3.63, 3.8) is 0 Å². The van der Waals surface area contributed by atoms with Crippen LogP contribution in [0.5, 0.6) is 0 Å². The molecule has 0 fully saturated rings. The van der Waals surface area contributed by atoms with Crippen molar-refractivity contribution in [2.75, 3.05) is 52.4 Å². The van der Waals surface area contributed by atoms with Gasteiger partial charge < -0.3 is 39.0 Å². The minimum atomic E-state index is -2.19. The summed E-state index contributed by atoms with van der Waals surface area (Å²) in [7, 11) is 0. The lowest BCUT2D eigenvalue weighted by Crippen LogP contribution is -2.50. The molecule has 266 valence electrons. The van der Waals surface area contributed by atoms with Gasteiger partial charge in [-0.25, -0.2) is 4.79 Å². The molecule has 2 N–H and O–H groups in total. The zero-order valence-electron chi connectivity index (χ0n) is 30.3. The minimum Gasteiger partial charge on any atom is -0.543 e. The van der Waals surface area contributed by atoms with E-state index < -0.39 is 18.1 Å². The molecule has 0 unspecified atom stereocenters. The normalized spacial score (nSPS) is 10.8. The summed E-state index contributed by atoms with van der Waals surface area (Å²) in [5.41, 5.74) is 0. The molecule has 0 aromatic heterocycles. The third-order valence-corrected chi connectivity index (χ3v) is 8.05. The Balaban J connectivity index is -0.000000278. The molecule has 0 aromatic carbocycles. The summed E-state index contributed by atoms with van der Waals surface area (Å²) in [6.45, 7) is 30.0. The highest BCUT2D eigenvalue weighted by atomic mass is 16.6. The number of carbonyl (C=O) groups is 3. The van der Waals surface area contributed by atoms with Crippen LogP contribution in [0, 0.1) is 0 Å². The van der Waals surface area contributed by atoms with E-state index in [1.54, 1.807) is 0 Å². The average molecular weight is 635 g/mol.